The van der Waals surface area contributed by atoms with Gasteiger partial charge < -0.3 is 19.5 Å². The van der Waals surface area contributed by atoms with Crippen LogP contribution in [0.2, 0.25) is 0 Å². The van der Waals surface area contributed by atoms with Crippen molar-refractivity contribution in [3.8, 4) is 0 Å². The van der Waals surface area contributed by atoms with Crippen LogP contribution >= 0.6 is 0 Å². The standard InChI is InChI=1S/C17H32N4O2/c1-7-9-20-13-19-12-15(20)11-18-8-10-21(14(2)3)16(22)23-17(4,5)6/h12-14,18H,7-11H2,1-6H3. The number of hydrogen-bond donors (Lipinski definition) is 1. The third-order valence-corrected chi connectivity index (χ3v) is 3.35. The van der Waals surface area contributed by atoms with Crippen molar-refractivity contribution < 1.29 is 9.53 Å². The van der Waals surface area contributed by atoms with Gasteiger partial charge in [0.1, 0.15) is 5.60 Å². The topological polar surface area (TPSA) is 59.4 Å². The van der Waals surface area contributed by atoms with Crippen LogP contribution in [0.5, 0.6) is 0 Å². The largest absolute Gasteiger partial charge is 0.444 e. The van der Waals surface area contributed by atoms with Gasteiger partial charge >= 0.3 is 6.09 Å². The number of amides is 1. The van der Waals surface area contributed by atoms with Crippen LogP contribution in [0.1, 0.15) is 53.7 Å². The van der Waals surface area contributed by atoms with E-state index in [1.165, 1.54) is 5.69 Å². The Balaban J connectivity index is 2.44. The maximum absolute atomic E-state index is 12.2. The van der Waals surface area contributed by atoms with Crippen molar-refractivity contribution in [1.29, 1.82) is 0 Å². The lowest BCUT2D eigenvalue weighted by molar-refractivity contribution is 0.0193. The molecule has 0 aliphatic rings. The highest BCUT2D eigenvalue weighted by Gasteiger charge is 2.23. The Bertz CT molecular complexity index is 477. The van der Waals surface area contributed by atoms with Crippen LogP contribution in [0, 0.1) is 0 Å². The van der Waals surface area contributed by atoms with E-state index in [0.717, 1.165) is 19.5 Å². The summed E-state index contributed by atoms with van der Waals surface area (Å²) < 4.78 is 7.61. The van der Waals surface area contributed by atoms with Gasteiger partial charge in [0.15, 0.2) is 0 Å². The molecule has 0 saturated heterocycles. The van der Waals surface area contributed by atoms with Gasteiger partial charge in [0.25, 0.3) is 0 Å². The molecule has 6 heteroatoms. The summed E-state index contributed by atoms with van der Waals surface area (Å²) in [7, 11) is 0. The molecule has 0 bridgehead atoms. The summed E-state index contributed by atoms with van der Waals surface area (Å²) >= 11 is 0. The molecular formula is C17H32N4O2. The average Bonchev–Trinajstić information content (AvgIpc) is 2.84. The van der Waals surface area contributed by atoms with Crippen LogP contribution in [-0.2, 0) is 17.8 Å². The van der Waals surface area contributed by atoms with Gasteiger partial charge in [-0.05, 0) is 41.0 Å². The number of imidazole rings is 1. The summed E-state index contributed by atoms with van der Waals surface area (Å²) in [5.41, 5.74) is 0.699. The maximum Gasteiger partial charge on any atom is 0.410 e. The lowest BCUT2D eigenvalue weighted by Crippen LogP contribution is -2.44. The van der Waals surface area contributed by atoms with Gasteiger partial charge in [-0.2, -0.15) is 0 Å². The number of carbonyl (C=O) groups excluding carboxylic acids is 1. The number of aromatic nitrogens is 2. The molecule has 23 heavy (non-hydrogen) atoms. The van der Waals surface area contributed by atoms with E-state index < -0.39 is 5.60 Å². The van der Waals surface area contributed by atoms with Crippen LogP contribution in [0.4, 0.5) is 4.79 Å². The normalized spacial score (nSPS) is 11.8. The lowest BCUT2D eigenvalue weighted by Gasteiger charge is -2.30. The summed E-state index contributed by atoms with van der Waals surface area (Å²) in [6, 6.07) is 0.109. The van der Waals surface area contributed by atoms with E-state index in [0.29, 0.717) is 13.1 Å². The molecule has 0 aromatic carbocycles. The number of rotatable bonds is 8. The van der Waals surface area contributed by atoms with E-state index in [1.807, 2.05) is 47.1 Å². The van der Waals surface area contributed by atoms with Crippen LogP contribution in [0.15, 0.2) is 12.5 Å². The lowest BCUT2D eigenvalue weighted by atomic mass is 10.2. The van der Waals surface area contributed by atoms with Gasteiger partial charge in [-0.25, -0.2) is 9.78 Å². The Morgan fingerprint density at radius 1 is 1.43 bits per heavy atom. The minimum atomic E-state index is -0.468. The van der Waals surface area contributed by atoms with E-state index in [2.05, 4.69) is 21.8 Å². The fourth-order valence-corrected chi connectivity index (χ4v) is 2.23. The van der Waals surface area contributed by atoms with E-state index in [1.54, 1.807) is 4.90 Å². The highest BCUT2D eigenvalue weighted by atomic mass is 16.6. The SMILES string of the molecule is CCCn1cncc1CNCCN(C(=O)OC(C)(C)C)C(C)C. The molecule has 0 spiro atoms. The minimum absolute atomic E-state index is 0.109. The zero-order valence-corrected chi connectivity index (χ0v) is 15.4. The summed E-state index contributed by atoms with van der Waals surface area (Å²) in [6.07, 6.45) is 4.58. The zero-order chi connectivity index (χ0) is 17.5. The minimum Gasteiger partial charge on any atom is -0.444 e. The zero-order valence-electron chi connectivity index (χ0n) is 15.4. The van der Waals surface area contributed by atoms with Crippen molar-refractivity contribution in [1.82, 2.24) is 19.8 Å². The summed E-state index contributed by atoms with van der Waals surface area (Å²) in [6.45, 7) is 14.9. The highest BCUT2D eigenvalue weighted by molar-refractivity contribution is 5.68. The smallest absolute Gasteiger partial charge is 0.410 e. The molecule has 0 aliphatic heterocycles. The van der Waals surface area contributed by atoms with Crippen LogP contribution in [0.3, 0.4) is 0 Å². The summed E-state index contributed by atoms with van der Waals surface area (Å²) in [5.74, 6) is 0. The fourth-order valence-electron chi connectivity index (χ4n) is 2.23. The van der Waals surface area contributed by atoms with E-state index in [4.69, 9.17) is 4.74 Å². The Labute approximate surface area is 140 Å². The molecule has 132 valence electrons. The van der Waals surface area contributed by atoms with Gasteiger partial charge in [-0.15, -0.1) is 0 Å². The second-order valence-electron chi connectivity index (χ2n) is 7.02. The molecule has 1 rings (SSSR count). The van der Waals surface area contributed by atoms with Gasteiger partial charge in [-0.3, -0.25) is 0 Å². The molecular weight excluding hydrogens is 292 g/mol. The van der Waals surface area contributed by atoms with E-state index in [-0.39, 0.29) is 12.1 Å². The first-order valence-electron chi connectivity index (χ1n) is 8.44. The molecule has 1 amide bonds. The Hall–Kier alpha value is -1.56. The molecule has 6 nitrogen and oxygen atoms in total. The first kappa shape index (κ1) is 19.5. The van der Waals surface area contributed by atoms with E-state index >= 15 is 0 Å². The predicted octanol–water partition coefficient (Wildman–Crippen LogP) is 3.03. The highest BCUT2D eigenvalue weighted by Crippen LogP contribution is 2.11. The van der Waals surface area contributed by atoms with Crippen molar-refractivity contribution in [2.75, 3.05) is 13.1 Å². The van der Waals surface area contributed by atoms with Gasteiger partial charge in [-0.1, -0.05) is 6.92 Å². The molecule has 0 aliphatic carbocycles. The van der Waals surface area contributed by atoms with Gasteiger partial charge in [0.05, 0.1) is 12.0 Å². The molecule has 1 aromatic heterocycles. The van der Waals surface area contributed by atoms with Crippen molar-refractivity contribution in [2.24, 2.45) is 0 Å². The van der Waals surface area contributed by atoms with Crippen molar-refractivity contribution in [3.05, 3.63) is 18.2 Å². The van der Waals surface area contributed by atoms with Crippen LogP contribution in [-0.4, -0.2) is 45.3 Å². The number of hydrogen-bond acceptors (Lipinski definition) is 4. The first-order valence-corrected chi connectivity index (χ1v) is 8.44. The molecule has 1 aromatic rings. The number of ether oxygens (including phenoxy) is 1. The monoisotopic (exact) mass is 324 g/mol. The quantitative estimate of drug-likeness (QED) is 0.747. The fraction of sp³-hybridized carbons (Fsp3) is 0.765. The van der Waals surface area contributed by atoms with Crippen LogP contribution < -0.4 is 5.32 Å². The summed E-state index contributed by atoms with van der Waals surface area (Å²) in [4.78, 5) is 18.2. The molecule has 1 heterocycles. The van der Waals surface area contributed by atoms with Crippen molar-refractivity contribution >= 4 is 6.09 Å². The van der Waals surface area contributed by atoms with E-state index in [9.17, 15) is 4.79 Å². The van der Waals surface area contributed by atoms with Gasteiger partial charge in [0, 0.05) is 38.4 Å². The van der Waals surface area contributed by atoms with Crippen molar-refractivity contribution in [3.63, 3.8) is 0 Å². The number of nitrogens with one attached hydrogen (secondary N) is 1. The Morgan fingerprint density at radius 2 is 2.13 bits per heavy atom. The third kappa shape index (κ3) is 7.03. The first-order chi connectivity index (χ1) is 10.7. The number of carbonyl (C=O) groups is 1. The molecule has 0 saturated carbocycles. The molecule has 0 unspecified atom stereocenters. The van der Waals surface area contributed by atoms with Crippen molar-refractivity contribution in [2.45, 2.75) is 72.7 Å². The Morgan fingerprint density at radius 3 is 2.70 bits per heavy atom. The van der Waals surface area contributed by atoms with Gasteiger partial charge in [0.2, 0.25) is 0 Å². The molecule has 0 atom stereocenters. The second kappa shape index (κ2) is 8.91. The molecule has 0 fully saturated rings. The second-order valence-corrected chi connectivity index (χ2v) is 7.02. The third-order valence-electron chi connectivity index (χ3n) is 3.35. The molecule has 1 N–H and O–H groups in total. The Kier molecular flexibility index (Phi) is 7.55. The average molecular weight is 324 g/mol. The number of nitrogens with zero attached hydrogens (tertiary/aromatic N) is 3. The predicted molar refractivity (Wildman–Crippen MR) is 92.3 cm³/mol. The van der Waals surface area contributed by atoms with Crippen LogP contribution in [0.25, 0.3) is 0 Å². The number of aryl methyl sites for hydroxylation is 1. The molecule has 0 radical (unpaired) electrons. The summed E-state index contributed by atoms with van der Waals surface area (Å²) in [5, 5.41) is 3.38. The maximum atomic E-state index is 12.2.